The van der Waals surface area contributed by atoms with E-state index in [1.165, 1.54) is 17.2 Å². The van der Waals surface area contributed by atoms with Gasteiger partial charge in [-0.3, -0.25) is 0 Å². The monoisotopic (exact) mass is 305 g/mol. The zero-order chi connectivity index (χ0) is 15.2. The Morgan fingerprint density at radius 1 is 1.14 bits per heavy atom. The van der Waals surface area contributed by atoms with E-state index in [0.29, 0.717) is 17.0 Å². The van der Waals surface area contributed by atoms with Crippen LogP contribution in [-0.2, 0) is 12.8 Å². The molecule has 2 rings (SSSR count). The lowest BCUT2D eigenvalue weighted by Gasteiger charge is -2.17. The molecule has 2 aromatic rings. The van der Waals surface area contributed by atoms with Gasteiger partial charge in [0.25, 0.3) is 0 Å². The minimum atomic E-state index is -0.224. The van der Waals surface area contributed by atoms with Crippen LogP contribution in [0, 0.1) is 12.7 Å². The molecule has 0 aliphatic heterocycles. The molecule has 112 valence electrons. The first-order valence-electron chi connectivity index (χ1n) is 7.25. The molecule has 21 heavy (non-hydrogen) atoms. The molecule has 1 N–H and O–H groups in total. The average Bonchev–Trinajstić information content (AvgIpc) is 2.47. The summed E-state index contributed by atoms with van der Waals surface area (Å²) in [6, 6.07) is 13.7. The molecule has 0 saturated heterocycles. The van der Waals surface area contributed by atoms with Gasteiger partial charge in [0.1, 0.15) is 5.82 Å². The van der Waals surface area contributed by atoms with Gasteiger partial charge in [0.15, 0.2) is 0 Å². The molecule has 0 radical (unpaired) electrons. The van der Waals surface area contributed by atoms with Crippen molar-refractivity contribution in [2.24, 2.45) is 0 Å². The van der Waals surface area contributed by atoms with Gasteiger partial charge in [-0.1, -0.05) is 47.5 Å². The molecule has 1 unspecified atom stereocenters. The van der Waals surface area contributed by atoms with Crippen LogP contribution < -0.4 is 5.32 Å². The maximum absolute atomic E-state index is 13.8. The fourth-order valence-corrected chi connectivity index (χ4v) is 2.56. The minimum absolute atomic E-state index is 0.224. The van der Waals surface area contributed by atoms with Gasteiger partial charge in [-0.25, -0.2) is 4.39 Å². The van der Waals surface area contributed by atoms with Crippen molar-refractivity contribution in [3.63, 3.8) is 0 Å². The van der Waals surface area contributed by atoms with Crippen LogP contribution in [0.1, 0.15) is 23.1 Å². The lowest BCUT2D eigenvalue weighted by Crippen LogP contribution is -2.28. The molecule has 0 saturated carbocycles. The number of nitrogens with one attached hydrogen (secondary N) is 1. The Morgan fingerprint density at radius 3 is 2.48 bits per heavy atom. The summed E-state index contributed by atoms with van der Waals surface area (Å²) in [4.78, 5) is 0. The van der Waals surface area contributed by atoms with E-state index in [1.54, 1.807) is 12.1 Å². The van der Waals surface area contributed by atoms with Gasteiger partial charge in [0, 0.05) is 11.1 Å². The zero-order valence-electron chi connectivity index (χ0n) is 12.5. The fraction of sp³-hybridized carbons (Fsp3) is 0.333. The van der Waals surface area contributed by atoms with Crippen LogP contribution in [0.25, 0.3) is 0 Å². The van der Waals surface area contributed by atoms with Gasteiger partial charge in [-0.15, -0.1) is 0 Å². The van der Waals surface area contributed by atoms with E-state index >= 15 is 0 Å². The maximum Gasteiger partial charge on any atom is 0.127 e. The standard InChI is InChI=1S/C18H21ClFN/c1-13-3-5-14(6-4-13)7-10-17(21-2)11-15-8-9-16(19)12-18(15)20/h3-6,8-9,12,17,21H,7,10-11H2,1-2H3. The highest BCUT2D eigenvalue weighted by Gasteiger charge is 2.11. The van der Waals surface area contributed by atoms with Crippen LogP contribution >= 0.6 is 11.6 Å². The quantitative estimate of drug-likeness (QED) is 0.825. The van der Waals surface area contributed by atoms with E-state index in [2.05, 4.69) is 36.5 Å². The molecule has 0 amide bonds. The van der Waals surface area contributed by atoms with Gasteiger partial charge >= 0.3 is 0 Å². The molecule has 0 heterocycles. The molecule has 2 aromatic carbocycles. The highest BCUT2D eigenvalue weighted by atomic mass is 35.5. The molecule has 0 aliphatic rings. The van der Waals surface area contributed by atoms with Crippen molar-refractivity contribution >= 4 is 11.6 Å². The number of aryl methyl sites for hydroxylation is 2. The summed E-state index contributed by atoms with van der Waals surface area (Å²) in [6.07, 6.45) is 2.63. The second-order valence-corrected chi connectivity index (χ2v) is 5.89. The second-order valence-electron chi connectivity index (χ2n) is 5.45. The van der Waals surface area contributed by atoms with Crippen LogP contribution in [0.4, 0.5) is 4.39 Å². The van der Waals surface area contributed by atoms with Crippen molar-refractivity contribution in [2.75, 3.05) is 7.05 Å². The predicted molar refractivity (Wildman–Crippen MR) is 87.5 cm³/mol. The number of likely N-dealkylation sites (N-methyl/N-ethyl adjacent to an activating group) is 1. The van der Waals surface area contributed by atoms with E-state index in [0.717, 1.165) is 12.8 Å². The summed E-state index contributed by atoms with van der Waals surface area (Å²) in [7, 11) is 1.92. The van der Waals surface area contributed by atoms with Crippen LogP contribution in [0.5, 0.6) is 0 Å². The zero-order valence-corrected chi connectivity index (χ0v) is 13.3. The highest BCUT2D eigenvalue weighted by Crippen LogP contribution is 2.17. The van der Waals surface area contributed by atoms with Gasteiger partial charge < -0.3 is 5.32 Å². The first-order valence-corrected chi connectivity index (χ1v) is 7.63. The molecular weight excluding hydrogens is 285 g/mol. The van der Waals surface area contributed by atoms with E-state index in [1.807, 2.05) is 7.05 Å². The van der Waals surface area contributed by atoms with Crippen LogP contribution in [0.15, 0.2) is 42.5 Å². The Kier molecular flexibility index (Phi) is 5.77. The van der Waals surface area contributed by atoms with E-state index in [4.69, 9.17) is 11.6 Å². The predicted octanol–water partition coefficient (Wildman–Crippen LogP) is 4.55. The molecule has 0 aliphatic carbocycles. The van der Waals surface area contributed by atoms with Crippen molar-refractivity contribution < 1.29 is 4.39 Å². The molecule has 0 spiro atoms. The Balaban J connectivity index is 1.95. The smallest absolute Gasteiger partial charge is 0.127 e. The molecule has 0 fully saturated rings. The third-order valence-electron chi connectivity index (χ3n) is 3.79. The van der Waals surface area contributed by atoms with E-state index in [-0.39, 0.29) is 11.9 Å². The Labute approximate surface area is 131 Å². The number of hydrogen-bond acceptors (Lipinski definition) is 1. The molecule has 0 bridgehead atoms. The summed E-state index contributed by atoms with van der Waals surface area (Å²) in [5.74, 6) is -0.224. The van der Waals surface area contributed by atoms with Gasteiger partial charge in [-0.05, 0) is 56.5 Å². The molecular formula is C18H21ClFN. The van der Waals surface area contributed by atoms with Gasteiger partial charge in [0.2, 0.25) is 0 Å². The number of halogens is 2. The van der Waals surface area contributed by atoms with Crippen LogP contribution in [-0.4, -0.2) is 13.1 Å². The molecule has 1 nitrogen and oxygen atoms in total. The highest BCUT2D eigenvalue weighted by molar-refractivity contribution is 6.30. The lowest BCUT2D eigenvalue weighted by molar-refractivity contribution is 0.504. The number of hydrogen-bond donors (Lipinski definition) is 1. The van der Waals surface area contributed by atoms with Crippen molar-refractivity contribution in [3.8, 4) is 0 Å². The first kappa shape index (κ1) is 16.0. The molecule has 0 aromatic heterocycles. The maximum atomic E-state index is 13.8. The van der Waals surface area contributed by atoms with Crippen molar-refractivity contribution in [1.82, 2.24) is 5.32 Å². The SMILES string of the molecule is CNC(CCc1ccc(C)cc1)Cc1ccc(Cl)cc1F. The molecule has 3 heteroatoms. The Hall–Kier alpha value is -1.38. The number of rotatable bonds is 6. The summed E-state index contributed by atoms with van der Waals surface area (Å²) in [5, 5.41) is 3.72. The van der Waals surface area contributed by atoms with Gasteiger partial charge in [0.05, 0.1) is 0 Å². The average molecular weight is 306 g/mol. The summed E-state index contributed by atoms with van der Waals surface area (Å²) in [5.41, 5.74) is 3.30. The summed E-state index contributed by atoms with van der Waals surface area (Å²) in [6.45, 7) is 2.09. The minimum Gasteiger partial charge on any atom is -0.317 e. The molecule has 1 atom stereocenters. The van der Waals surface area contributed by atoms with Gasteiger partial charge in [-0.2, -0.15) is 0 Å². The Morgan fingerprint density at radius 2 is 1.86 bits per heavy atom. The second kappa shape index (κ2) is 7.58. The number of benzene rings is 2. The Bertz CT molecular complexity index is 580. The van der Waals surface area contributed by atoms with E-state index in [9.17, 15) is 4.39 Å². The van der Waals surface area contributed by atoms with Crippen molar-refractivity contribution in [3.05, 3.63) is 70.0 Å². The van der Waals surface area contributed by atoms with Crippen molar-refractivity contribution in [2.45, 2.75) is 32.2 Å². The summed E-state index contributed by atoms with van der Waals surface area (Å²) < 4.78 is 13.8. The van der Waals surface area contributed by atoms with Crippen molar-refractivity contribution in [1.29, 1.82) is 0 Å². The summed E-state index contributed by atoms with van der Waals surface area (Å²) >= 11 is 5.79. The topological polar surface area (TPSA) is 12.0 Å². The van der Waals surface area contributed by atoms with Crippen LogP contribution in [0.3, 0.4) is 0 Å². The first-order chi connectivity index (χ1) is 10.1. The third-order valence-corrected chi connectivity index (χ3v) is 4.03. The largest absolute Gasteiger partial charge is 0.317 e. The normalized spacial score (nSPS) is 12.4. The third kappa shape index (κ3) is 4.83. The fourth-order valence-electron chi connectivity index (χ4n) is 2.40. The van der Waals surface area contributed by atoms with E-state index < -0.39 is 0 Å². The van der Waals surface area contributed by atoms with Crippen LogP contribution in [0.2, 0.25) is 5.02 Å². The lowest BCUT2D eigenvalue weighted by atomic mass is 9.98.